The van der Waals surface area contributed by atoms with Gasteiger partial charge in [0, 0.05) is 19.3 Å². The van der Waals surface area contributed by atoms with Crippen LogP contribution < -0.4 is 0 Å². The van der Waals surface area contributed by atoms with Crippen molar-refractivity contribution >= 4 is 17.9 Å². The summed E-state index contributed by atoms with van der Waals surface area (Å²) >= 11 is 0. The highest BCUT2D eigenvalue weighted by Gasteiger charge is 2.19. The third kappa shape index (κ3) is 65.1. The molecule has 0 aliphatic rings. The molecule has 0 amide bonds. The highest BCUT2D eigenvalue weighted by molar-refractivity contribution is 5.71. The number of hydrogen-bond acceptors (Lipinski definition) is 6. The van der Waals surface area contributed by atoms with E-state index in [0.29, 0.717) is 19.3 Å². The Hall–Kier alpha value is -1.59. The van der Waals surface area contributed by atoms with Crippen LogP contribution in [-0.4, -0.2) is 37.2 Å². The Morgan fingerprint density at radius 3 is 0.519 bits per heavy atom. The lowest BCUT2D eigenvalue weighted by molar-refractivity contribution is -0.167. The van der Waals surface area contributed by atoms with E-state index in [1.807, 2.05) is 0 Å². The van der Waals surface area contributed by atoms with Gasteiger partial charge in [0.15, 0.2) is 6.10 Å². The van der Waals surface area contributed by atoms with Gasteiger partial charge in [0.2, 0.25) is 0 Å². The van der Waals surface area contributed by atoms with Crippen molar-refractivity contribution in [2.45, 2.75) is 425 Å². The van der Waals surface area contributed by atoms with Crippen molar-refractivity contribution in [3.63, 3.8) is 0 Å². The summed E-state index contributed by atoms with van der Waals surface area (Å²) in [5.74, 6) is -0.833. The minimum atomic E-state index is -0.761. The molecule has 1 atom stereocenters. The molecule has 0 saturated carbocycles. The van der Waals surface area contributed by atoms with Gasteiger partial charge in [-0.15, -0.1) is 0 Å². The first-order valence-corrected chi connectivity index (χ1v) is 35.5. The number of esters is 3. The Kier molecular flexibility index (Phi) is 65.5. The summed E-state index contributed by atoms with van der Waals surface area (Å²) in [6, 6.07) is 0. The van der Waals surface area contributed by atoms with E-state index in [0.717, 1.165) is 57.8 Å². The molecule has 77 heavy (non-hydrogen) atoms. The second-order valence-electron chi connectivity index (χ2n) is 24.5. The molecule has 0 aliphatic carbocycles. The zero-order valence-electron chi connectivity index (χ0n) is 52.8. The van der Waals surface area contributed by atoms with Crippen LogP contribution >= 0.6 is 0 Å². The van der Waals surface area contributed by atoms with E-state index in [9.17, 15) is 14.4 Å². The predicted octanol–water partition coefficient (Wildman–Crippen LogP) is 24.2. The van der Waals surface area contributed by atoms with Crippen molar-refractivity contribution in [2.24, 2.45) is 0 Å². The third-order valence-electron chi connectivity index (χ3n) is 16.6. The maximum Gasteiger partial charge on any atom is 0.306 e. The quantitative estimate of drug-likeness (QED) is 0.0343. The van der Waals surface area contributed by atoms with Gasteiger partial charge in [-0.1, -0.05) is 380 Å². The maximum absolute atomic E-state index is 12.9. The van der Waals surface area contributed by atoms with Gasteiger partial charge in [0.05, 0.1) is 0 Å². The molecule has 458 valence electrons. The lowest BCUT2D eigenvalue weighted by Gasteiger charge is -2.18. The molecule has 1 unspecified atom stereocenters. The fraction of sp³-hybridized carbons (Fsp3) is 0.958. The molecule has 0 aliphatic heterocycles. The van der Waals surface area contributed by atoms with Crippen LogP contribution in [0.1, 0.15) is 419 Å². The smallest absolute Gasteiger partial charge is 0.306 e. The van der Waals surface area contributed by atoms with Gasteiger partial charge in [-0.25, -0.2) is 0 Å². The van der Waals surface area contributed by atoms with Gasteiger partial charge in [-0.2, -0.15) is 0 Å². The van der Waals surface area contributed by atoms with Crippen molar-refractivity contribution in [1.29, 1.82) is 0 Å². The fourth-order valence-electron chi connectivity index (χ4n) is 11.3. The second-order valence-corrected chi connectivity index (χ2v) is 24.5. The predicted molar refractivity (Wildman–Crippen MR) is 335 cm³/mol. The molecule has 0 heterocycles. The summed E-state index contributed by atoms with van der Waals surface area (Å²) in [5.41, 5.74) is 0. The van der Waals surface area contributed by atoms with Crippen LogP contribution in [0, 0.1) is 0 Å². The lowest BCUT2D eigenvalue weighted by Crippen LogP contribution is -2.30. The molecule has 0 bridgehead atoms. The molecular formula is C71H138O6. The topological polar surface area (TPSA) is 78.9 Å². The fourth-order valence-corrected chi connectivity index (χ4v) is 11.3. The van der Waals surface area contributed by atoms with Gasteiger partial charge >= 0.3 is 17.9 Å². The largest absolute Gasteiger partial charge is 0.462 e. The van der Waals surface area contributed by atoms with Crippen LogP contribution in [-0.2, 0) is 28.6 Å². The van der Waals surface area contributed by atoms with Crippen LogP contribution in [0.2, 0.25) is 0 Å². The molecular weight excluding hydrogens is 949 g/mol. The first-order chi connectivity index (χ1) is 38.0. The summed E-state index contributed by atoms with van der Waals surface area (Å²) in [4.78, 5) is 38.1. The zero-order chi connectivity index (χ0) is 55.7. The first-order valence-electron chi connectivity index (χ1n) is 35.5. The molecule has 0 radical (unpaired) electrons. The Morgan fingerprint density at radius 1 is 0.208 bits per heavy atom. The molecule has 0 aromatic rings. The maximum atomic E-state index is 12.9. The minimum Gasteiger partial charge on any atom is -0.462 e. The number of carbonyl (C=O) groups is 3. The van der Waals surface area contributed by atoms with Gasteiger partial charge in [0.25, 0.3) is 0 Å². The van der Waals surface area contributed by atoms with Gasteiger partial charge in [-0.05, 0) is 19.3 Å². The summed E-state index contributed by atoms with van der Waals surface area (Å²) < 4.78 is 16.9. The average molecular weight is 1090 g/mol. The molecule has 0 fully saturated rings. The summed E-state index contributed by atoms with van der Waals surface area (Å²) in [6.07, 6.45) is 78.9. The standard InChI is InChI=1S/C71H138O6/c1-4-7-10-13-16-18-20-22-24-26-28-30-31-32-33-34-35-36-37-38-39-41-42-44-46-48-50-52-55-58-61-64-70(73)76-67-68(66-75-69(72)63-60-57-54-15-12-9-6-3)77-71(74)65-62-59-56-53-51-49-47-45-43-40-29-27-25-23-21-19-17-14-11-8-5-2/h68H,4-67H2,1-3H3. The molecule has 6 heteroatoms. The van der Waals surface area contributed by atoms with E-state index in [1.165, 1.54) is 321 Å². The Labute approximate surface area is 482 Å². The molecule has 0 rings (SSSR count). The lowest BCUT2D eigenvalue weighted by atomic mass is 10.0. The monoisotopic (exact) mass is 1090 g/mol. The van der Waals surface area contributed by atoms with Crippen molar-refractivity contribution < 1.29 is 28.6 Å². The average Bonchev–Trinajstić information content (AvgIpc) is 3.43. The van der Waals surface area contributed by atoms with E-state index in [-0.39, 0.29) is 31.1 Å². The van der Waals surface area contributed by atoms with Gasteiger partial charge < -0.3 is 14.2 Å². The number of carbonyl (C=O) groups excluding carboxylic acids is 3. The van der Waals surface area contributed by atoms with Crippen LogP contribution in [0.3, 0.4) is 0 Å². The summed E-state index contributed by atoms with van der Waals surface area (Å²) in [5, 5.41) is 0. The Balaban J connectivity index is 3.95. The van der Waals surface area contributed by atoms with Crippen molar-refractivity contribution in [1.82, 2.24) is 0 Å². The van der Waals surface area contributed by atoms with Crippen LogP contribution in [0.25, 0.3) is 0 Å². The molecule has 0 aromatic heterocycles. The zero-order valence-corrected chi connectivity index (χ0v) is 52.8. The van der Waals surface area contributed by atoms with Crippen LogP contribution in [0.4, 0.5) is 0 Å². The van der Waals surface area contributed by atoms with E-state index in [2.05, 4.69) is 20.8 Å². The van der Waals surface area contributed by atoms with Crippen molar-refractivity contribution in [2.75, 3.05) is 13.2 Å². The highest BCUT2D eigenvalue weighted by Crippen LogP contribution is 2.20. The molecule has 6 nitrogen and oxygen atoms in total. The molecule has 0 saturated heterocycles. The van der Waals surface area contributed by atoms with Crippen molar-refractivity contribution in [3.05, 3.63) is 0 Å². The summed E-state index contributed by atoms with van der Waals surface area (Å²) in [7, 11) is 0. The van der Waals surface area contributed by atoms with E-state index < -0.39 is 6.10 Å². The number of hydrogen-bond donors (Lipinski definition) is 0. The van der Waals surface area contributed by atoms with Gasteiger partial charge in [0.1, 0.15) is 13.2 Å². The number of unbranched alkanes of at least 4 members (excludes halogenated alkanes) is 56. The van der Waals surface area contributed by atoms with E-state index >= 15 is 0 Å². The van der Waals surface area contributed by atoms with Crippen molar-refractivity contribution in [3.8, 4) is 0 Å². The van der Waals surface area contributed by atoms with Crippen LogP contribution in [0.5, 0.6) is 0 Å². The SMILES string of the molecule is CCCCCCCCCCCCCCCCCCCCCCCCCCCCCCCCCC(=O)OCC(COC(=O)CCCCCCCCC)OC(=O)CCCCCCCCCCCCCCCCCCCCCCC. The number of ether oxygens (including phenoxy) is 3. The molecule has 0 N–H and O–H groups in total. The molecule has 0 spiro atoms. The van der Waals surface area contributed by atoms with E-state index in [1.54, 1.807) is 0 Å². The minimum absolute atomic E-state index is 0.0613. The van der Waals surface area contributed by atoms with Gasteiger partial charge in [-0.3, -0.25) is 14.4 Å². The Bertz CT molecular complexity index is 1160. The Morgan fingerprint density at radius 2 is 0.351 bits per heavy atom. The second kappa shape index (κ2) is 66.9. The third-order valence-corrected chi connectivity index (χ3v) is 16.6. The number of rotatable bonds is 67. The normalized spacial score (nSPS) is 11.9. The highest BCUT2D eigenvalue weighted by atomic mass is 16.6. The van der Waals surface area contributed by atoms with Crippen LogP contribution in [0.15, 0.2) is 0 Å². The summed E-state index contributed by atoms with van der Waals surface area (Å²) in [6.45, 7) is 6.69. The first kappa shape index (κ1) is 75.4. The van der Waals surface area contributed by atoms with E-state index in [4.69, 9.17) is 14.2 Å². The molecule has 0 aromatic carbocycles.